The molecule has 1 atom stereocenters. The molecule has 0 fully saturated rings. The molecule has 2 aromatic rings. The average Bonchev–Trinajstić information content (AvgIpc) is 2.38. The summed E-state index contributed by atoms with van der Waals surface area (Å²) in [7, 11) is 1.89. The van der Waals surface area contributed by atoms with Gasteiger partial charge in [0.05, 0.1) is 6.20 Å². The molecule has 0 aliphatic heterocycles. The first kappa shape index (κ1) is 11.7. The minimum atomic E-state index is -0.289. The highest BCUT2D eigenvalue weighted by Gasteiger charge is 2.12. The van der Waals surface area contributed by atoms with Gasteiger partial charge in [0.1, 0.15) is 5.82 Å². The van der Waals surface area contributed by atoms with Crippen molar-refractivity contribution in [3.63, 3.8) is 0 Å². The predicted octanol–water partition coefficient (Wildman–Crippen LogP) is 3.17. The van der Waals surface area contributed by atoms with Crippen LogP contribution in [0.1, 0.15) is 18.5 Å². The molecule has 2 rings (SSSR count). The van der Waals surface area contributed by atoms with Crippen LogP contribution in [0, 0.1) is 5.82 Å². The van der Waals surface area contributed by atoms with E-state index in [1.807, 2.05) is 31.3 Å². The summed E-state index contributed by atoms with van der Waals surface area (Å²) in [4.78, 5) is 3.77. The third kappa shape index (κ3) is 2.34. The van der Waals surface area contributed by atoms with Gasteiger partial charge in [0.25, 0.3) is 0 Å². The SMILES string of the molecule is CNC(C)c1ccccc1-c1ccncc1F. The number of pyridine rings is 1. The molecular formula is C14H15FN2. The highest BCUT2D eigenvalue weighted by molar-refractivity contribution is 5.68. The van der Waals surface area contributed by atoms with Crippen LogP contribution in [0.25, 0.3) is 11.1 Å². The number of hydrogen-bond acceptors (Lipinski definition) is 2. The fourth-order valence-corrected chi connectivity index (χ4v) is 1.87. The Bertz CT molecular complexity index is 511. The zero-order valence-corrected chi connectivity index (χ0v) is 9.94. The van der Waals surface area contributed by atoms with Gasteiger partial charge in [0.2, 0.25) is 0 Å². The van der Waals surface area contributed by atoms with Gasteiger partial charge in [-0.1, -0.05) is 24.3 Å². The Balaban J connectivity index is 2.56. The van der Waals surface area contributed by atoms with Gasteiger partial charge in [-0.2, -0.15) is 0 Å². The molecule has 88 valence electrons. The first-order chi connectivity index (χ1) is 8.24. The summed E-state index contributed by atoms with van der Waals surface area (Å²) < 4.78 is 13.7. The summed E-state index contributed by atoms with van der Waals surface area (Å²) in [6.07, 6.45) is 2.86. The fraction of sp³-hybridized carbons (Fsp3) is 0.214. The number of nitrogens with one attached hydrogen (secondary N) is 1. The van der Waals surface area contributed by atoms with Crippen LogP contribution < -0.4 is 5.32 Å². The van der Waals surface area contributed by atoms with Crippen molar-refractivity contribution in [3.05, 3.63) is 54.1 Å². The first-order valence-corrected chi connectivity index (χ1v) is 5.60. The van der Waals surface area contributed by atoms with Gasteiger partial charge in [-0.3, -0.25) is 4.98 Å². The van der Waals surface area contributed by atoms with E-state index in [1.54, 1.807) is 12.3 Å². The third-order valence-corrected chi connectivity index (χ3v) is 2.92. The van der Waals surface area contributed by atoms with Crippen LogP contribution >= 0.6 is 0 Å². The zero-order valence-electron chi connectivity index (χ0n) is 9.94. The summed E-state index contributed by atoms with van der Waals surface area (Å²) >= 11 is 0. The van der Waals surface area contributed by atoms with E-state index in [-0.39, 0.29) is 11.9 Å². The maximum Gasteiger partial charge on any atom is 0.149 e. The van der Waals surface area contributed by atoms with E-state index in [4.69, 9.17) is 0 Å². The lowest BCUT2D eigenvalue weighted by atomic mass is 9.96. The minimum Gasteiger partial charge on any atom is -0.313 e. The second kappa shape index (κ2) is 5.06. The highest BCUT2D eigenvalue weighted by Crippen LogP contribution is 2.29. The van der Waals surface area contributed by atoms with Gasteiger partial charge >= 0.3 is 0 Å². The summed E-state index contributed by atoms with van der Waals surface area (Å²) in [5.41, 5.74) is 2.59. The number of hydrogen-bond donors (Lipinski definition) is 1. The Morgan fingerprint density at radius 3 is 2.65 bits per heavy atom. The molecule has 2 nitrogen and oxygen atoms in total. The van der Waals surface area contributed by atoms with Crippen LogP contribution in [0.15, 0.2) is 42.7 Å². The van der Waals surface area contributed by atoms with Gasteiger partial charge in [-0.25, -0.2) is 4.39 Å². The van der Waals surface area contributed by atoms with E-state index in [0.29, 0.717) is 5.56 Å². The highest BCUT2D eigenvalue weighted by atomic mass is 19.1. The molecule has 1 N–H and O–H groups in total. The Labute approximate surface area is 101 Å². The van der Waals surface area contributed by atoms with Gasteiger partial charge in [-0.05, 0) is 31.2 Å². The Morgan fingerprint density at radius 2 is 1.94 bits per heavy atom. The fourth-order valence-electron chi connectivity index (χ4n) is 1.87. The number of benzene rings is 1. The van der Waals surface area contributed by atoms with Crippen molar-refractivity contribution in [2.24, 2.45) is 0 Å². The molecule has 0 saturated heterocycles. The average molecular weight is 230 g/mol. The van der Waals surface area contributed by atoms with Crippen LogP contribution in [0.5, 0.6) is 0 Å². The minimum absolute atomic E-state index is 0.179. The van der Waals surface area contributed by atoms with Crippen LogP contribution in [0.2, 0.25) is 0 Å². The molecule has 1 heterocycles. The lowest BCUT2D eigenvalue weighted by molar-refractivity contribution is 0.622. The molecule has 17 heavy (non-hydrogen) atoms. The summed E-state index contributed by atoms with van der Waals surface area (Å²) in [6, 6.07) is 9.71. The van der Waals surface area contributed by atoms with E-state index in [0.717, 1.165) is 11.1 Å². The lowest BCUT2D eigenvalue weighted by Gasteiger charge is -2.16. The van der Waals surface area contributed by atoms with Crippen LogP contribution in [-0.2, 0) is 0 Å². The zero-order chi connectivity index (χ0) is 12.3. The molecule has 1 unspecified atom stereocenters. The molecule has 0 radical (unpaired) electrons. The largest absolute Gasteiger partial charge is 0.313 e. The van der Waals surface area contributed by atoms with Gasteiger partial charge in [-0.15, -0.1) is 0 Å². The molecule has 0 amide bonds. The Morgan fingerprint density at radius 1 is 1.18 bits per heavy atom. The molecule has 3 heteroatoms. The van der Waals surface area contributed by atoms with Gasteiger partial charge in [0, 0.05) is 17.8 Å². The third-order valence-electron chi connectivity index (χ3n) is 2.92. The van der Waals surface area contributed by atoms with Crippen molar-refractivity contribution < 1.29 is 4.39 Å². The van der Waals surface area contributed by atoms with Crippen molar-refractivity contribution in [2.45, 2.75) is 13.0 Å². The van der Waals surface area contributed by atoms with Crippen molar-refractivity contribution in [1.82, 2.24) is 10.3 Å². The monoisotopic (exact) mass is 230 g/mol. The molecule has 0 aliphatic carbocycles. The molecule has 0 aliphatic rings. The maximum absolute atomic E-state index is 13.7. The lowest BCUT2D eigenvalue weighted by Crippen LogP contribution is -2.13. The normalized spacial score (nSPS) is 12.4. The molecule has 1 aromatic carbocycles. The number of aromatic nitrogens is 1. The molecule has 0 bridgehead atoms. The molecular weight excluding hydrogens is 215 g/mol. The summed E-state index contributed by atoms with van der Waals surface area (Å²) in [5.74, 6) is -0.289. The van der Waals surface area contributed by atoms with Crippen LogP contribution in [0.3, 0.4) is 0 Å². The summed E-state index contributed by atoms with van der Waals surface area (Å²) in [5, 5.41) is 3.17. The second-order valence-electron chi connectivity index (χ2n) is 3.95. The van der Waals surface area contributed by atoms with Gasteiger partial charge < -0.3 is 5.32 Å². The van der Waals surface area contributed by atoms with Crippen molar-refractivity contribution >= 4 is 0 Å². The van der Waals surface area contributed by atoms with E-state index < -0.39 is 0 Å². The number of nitrogens with zero attached hydrogens (tertiary/aromatic N) is 1. The quantitative estimate of drug-likeness (QED) is 0.876. The van der Waals surface area contributed by atoms with Gasteiger partial charge in [0.15, 0.2) is 0 Å². The molecule has 0 spiro atoms. The molecule has 0 saturated carbocycles. The Kier molecular flexibility index (Phi) is 3.49. The van der Waals surface area contributed by atoms with Crippen LogP contribution in [0.4, 0.5) is 4.39 Å². The maximum atomic E-state index is 13.7. The van der Waals surface area contributed by atoms with Crippen molar-refractivity contribution in [3.8, 4) is 11.1 Å². The molecule has 1 aromatic heterocycles. The van der Waals surface area contributed by atoms with E-state index in [1.165, 1.54) is 6.20 Å². The predicted molar refractivity (Wildman–Crippen MR) is 67.1 cm³/mol. The number of rotatable bonds is 3. The van der Waals surface area contributed by atoms with Crippen molar-refractivity contribution in [2.75, 3.05) is 7.05 Å². The van der Waals surface area contributed by atoms with Crippen LogP contribution in [-0.4, -0.2) is 12.0 Å². The van der Waals surface area contributed by atoms with Crippen molar-refractivity contribution in [1.29, 1.82) is 0 Å². The first-order valence-electron chi connectivity index (χ1n) is 5.60. The second-order valence-corrected chi connectivity index (χ2v) is 3.95. The van der Waals surface area contributed by atoms with E-state index in [2.05, 4.69) is 17.2 Å². The van der Waals surface area contributed by atoms with E-state index in [9.17, 15) is 4.39 Å². The Hall–Kier alpha value is -1.74. The topological polar surface area (TPSA) is 24.9 Å². The van der Waals surface area contributed by atoms with E-state index >= 15 is 0 Å². The smallest absolute Gasteiger partial charge is 0.149 e. The standard InChI is InChI=1S/C14H15FN2/c1-10(16-2)11-5-3-4-6-12(11)13-7-8-17-9-14(13)15/h3-10,16H,1-2H3. The summed E-state index contributed by atoms with van der Waals surface area (Å²) in [6.45, 7) is 2.05. The number of halogens is 1.